The lowest BCUT2D eigenvalue weighted by Crippen LogP contribution is -2.37. The van der Waals surface area contributed by atoms with Gasteiger partial charge >= 0.3 is 5.97 Å². The molecular formula is C27H25N3O5S. The Kier molecular flexibility index (Phi) is 6.34. The van der Waals surface area contributed by atoms with E-state index in [1.165, 1.54) is 24.7 Å². The molecule has 0 aliphatic carbocycles. The quantitative estimate of drug-likeness (QED) is 0.303. The molecule has 0 radical (unpaired) electrons. The van der Waals surface area contributed by atoms with Crippen LogP contribution in [0.25, 0.3) is 21.2 Å². The van der Waals surface area contributed by atoms with Gasteiger partial charge in [0, 0.05) is 17.3 Å². The fourth-order valence-electron chi connectivity index (χ4n) is 3.93. The van der Waals surface area contributed by atoms with Gasteiger partial charge in [0.2, 0.25) is 0 Å². The van der Waals surface area contributed by atoms with Crippen LogP contribution >= 0.6 is 11.5 Å². The van der Waals surface area contributed by atoms with E-state index in [4.69, 9.17) is 9.47 Å². The fourth-order valence-corrected chi connectivity index (χ4v) is 4.65. The van der Waals surface area contributed by atoms with Gasteiger partial charge in [-0.3, -0.25) is 4.99 Å². The number of carbonyl (C=O) groups is 1. The van der Waals surface area contributed by atoms with Gasteiger partial charge < -0.3 is 25.0 Å². The Labute approximate surface area is 212 Å². The predicted molar refractivity (Wildman–Crippen MR) is 141 cm³/mol. The third-order valence-corrected chi connectivity index (χ3v) is 7.03. The summed E-state index contributed by atoms with van der Waals surface area (Å²) in [6, 6.07) is 17.7. The number of aliphatic hydroxyl groups excluding tert-OH is 1. The molecule has 1 aliphatic rings. The van der Waals surface area contributed by atoms with Crippen molar-refractivity contribution in [2.24, 2.45) is 4.99 Å². The highest BCUT2D eigenvalue weighted by Crippen LogP contribution is 2.38. The Hall–Kier alpha value is -3.95. The number of benzene rings is 3. The monoisotopic (exact) mass is 503 g/mol. The normalized spacial score (nSPS) is 14.6. The number of aromatic nitrogens is 1. The minimum absolute atomic E-state index is 0.538. The van der Waals surface area contributed by atoms with Crippen molar-refractivity contribution in [3.63, 3.8) is 0 Å². The SMILES string of the molecule is Cc1c(Nc2nsc3ccc(C=NC(C)(CO)C(=O)O)cc23)cccc1-c1ccc2c(c1)OCCO2. The lowest BCUT2D eigenvalue weighted by Gasteiger charge is -2.19. The van der Waals surface area contributed by atoms with Gasteiger partial charge in [-0.1, -0.05) is 24.3 Å². The minimum atomic E-state index is -1.59. The number of ether oxygens (including phenoxy) is 2. The molecule has 1 aliphatic heterocycles. The number of carboxylic acids is 1. The van der Waals surface area contributed by atoms with Crippen molar-refractivity contribution in [3.05, 3.63) is 65.7 Å². The van der Waals surface area contributed by atoms with E-state index in [0.29, 0.717) is 24.6 Å². The van der Waals surface area contributed by atoms with E-state index in [9.17, 15) is 15.0 Å². The van der Waals surface area contributed by atoms with Gasteiger partial charge in [-0.05, 0) is 78.0 Å². The van der Waals surface area contributed by atoms with Crippen LogP contribution in [0, 0.1) is 6.92 Å². The molecule has 5 rings (SSSR count). The summed E-state index contributed by atoms with van der Waals surface area (Å²) in [5.41, 5.74) is 3.22. The fraction of sp³-hybridized carbons (Fsp3) is 0.222. The highest BCUT2D eigenvalue weighted by Gasteiger charge is 2.31. The van der Waals surface area contributed by atoms with Crippen LogP contribution in [-0.2, 0) is 4.79 Å². The van der Waals surface area contributed by atoms with Crippen LogP contribution in [0.5, 0.6) is 11.5 Å². The largest absolute Gasteiger partial charge is 0.486 e. The van der Waals surface area contributed by atoms with E-state index in [1.807, 2.05) is 48.5 Å². The number of hydrogen-bond acceptors (Lipinski definition) is 8. The molecule has 184 valence electrons. The standard InChI is InChI=1S/C27H25N3O5S/c1-16-19(18-7-8-22-23(13-18)35-11-10-34-22)4-3-5-21(16)29-25-20-12-17(6-9-24(20)36-30-25)14-28-27(2,15-31)26(32)33/h3-9,12-14,31H,10-11,15H2,1-2H3,(H,29,30)(H,32,33). The van der Waals surface area contributed by atoms with Crippen molar-refractivity contribution in [2.45, 2.75) is 19.4 Å². The molecule has 0 spiro atoms. The molecule has 0 bridgehead atoms. The first-order valence-electron chi connectivity index (χ1n) is 11.4. The minimum Gasteiger partial charge on any atom is -0.486 e. The van der Waals surface area contributed by atoms with Crippen molar-refractivity contribution in [2.75, 3.05) is 25.1 Å². The van der Waals surface area contributed by atoms with Gasteiger partial charge in [-0.15, -0.1) is 0 Å². The zero-order valence-electron chi connectivity index (χ0n) is 19.8. The maximum atomic E-state index is 11.4. The van der Waals surface area contributed by atoms with Crippen LogP contribution in [0.4, 0.5) is 11.5 Å². The van der Waals surface area contributed by atoms with Crippen molar-refractivity contribution in [1.82, 2.24) is 4.37 Å². The maximum Gasteiger partial charge on any atom is 0.333 e. The molecule has 8 nitrogen and oxygen atoms in total. The summed E-state index contributed by atoms with van der Waals surface area (Å²) in [4.78, 5) is 15.5. The number of carboxylic acid groups (broad SMARTS) is 1. The van der Waals surface area contributed by atoms with Crippen molar-refractivity contribution in [3.8, 4) is 22.6 Å². The average molecular weight is 504 g/mol. The number of aliphatic imine (C=N–C) groups is 1. The van der Waals surface area contributed by atoms with Gasteiger partial charge in [0.1, 0.15) is 13.2 Å². The number of anilines is 2. The molecule has 4 aromatic rings. The number of fused-ring (bicyclic) bond motifs is 2. The molecule has 3 N–H and O–H groups in total. The predicted octanol–water partition coefficient (Wildman–Crippen LogP) is 5.04. The maximum absolute atomic E-state index is 11.4. The highest BCUT2D eigenvalue weighted by molar-refractivity contribution is 7.13. The average Bonchev–Trinajstić information content (AvgIpc) is 3.30. The van der Waals surface area contributed by atoms with E-state index in [0.717, 1.165) is 44.0 Å². The third kappa shape index (κ3) is 4.50. The summed E-state index contributed by atoms with van der Waals surface area (Å²) in [5, 5.41) is 23.1. The first-order chi connectivity index (χ1) is 17.4. The molecule has 1 aromatic heterocycles. The number of aliphatic carboxylic acids is 1. The molecule has 0 saturated heterocycles. The van der Waals surface area contributed by atoms with Gasteiger partial charge in [-0.2, -0.15) is 4.37 Å². The van der Waals surface area contributed by atoms with Crippen LogP contribution in [0.3, 0.4) is 0 Å². The Morgan fingerprint density at radius 1 is 1.17 bits per heavy atom. The topological polar surface area (TPSA) is 113 Å². The van der Waals surface area contributed by atoms with E-state index in [2.05, 4.69) is 27.7 Å². The van der Waals surface area contributed by atoms with Crippen LogP contribution in [0.15, 0.2) is 59.6 Å². The lowest BCUT2D eigenvalue weighted by molar-refractivity contribution is -0.143. The summed E-state index contributed by atoms with van der Waals surface area (Å²) >= 11 is 1.38. The molecule has 2 heterocycles. The molecule has 0 fully saturated rings. The molecule has 36 heavy (non-hydrogen) atoms. The number of nitrogens with one attached hydrogen (secondary N) is 1. The van der Waals surface area contributed by atoms with E-state index < -0.39 is 18.1 Å². The van der Waals surface area contributed by atoms with Gasteiger partial charge in [0.15, 0.2) is 22.9 Å². The summed E-state index contributed by atoms with van der Waals surface area (Å²) in [6.45, 7) is 3.94. The molecule has 9 heteroatoms. The molecule has 1 unspecified atom stereocenters. The number of rotatable bonds is 7. The summed E-state index contributed by atoms with van der Waals surface area (Å²) in [7, 11) is 0. The highest BCUT2D eigenvalue weighted by atomic mass is 32.1. The number of aliphatic hydroxyl groups is 1. The Morgan fingerprint density at radius 2 is 1.97 bits per heavy atom. The summed E-state index contributed by atoms with van der Waals surface area (Å²) < 4.78 is 17.0. The van der Waals surface area contributed by atoms with Crippen LogP contribution in [-0.4, -0.2) is 52.1 Å². The van der Waals surface area contributed by atoms with E-state index >= 15 is 0 Å². The first kappa shape index (κ1) is 23.8. The molecule has 0 amide bonds. The number of hydrogen-bond donors (Lipinski definition) is 3. The smallest absolute Gasteiger partial charge is 0.333 e. The van der Waals surface area contributed by atoms with Crippen molar-refractivity contribution < 1.29 is 24.5 Å². The zero-order chi connectivity index (χ0) is 25.3. The second kappa shape index (κ2) is 9.60. The van der Waals surface area contributed by atoms with Gasteiger partial charge in [0.25, 0.3) is 0 Å². The molecule has 3 aromatic carbocycles. The van der Waals surface area contributed by atoms with Gasteiger partial charge in [0.05, 0.1) is 11.3 Å². The van der Waals surface area contributed by atoms with Crippen LogP contribution in [0.1, 0.15) is 18.1 Å². The second-order valence-electron chi connectivity index (χ2n) is 8.74. The first-order valence-corrected chi connectivity index (χ1v) is 12.2. The second-order valence-corrected chi connectivity index (χ2v) is 9.55. The Balaban J connectivity index is 1.45. The molecule has 1 atom stereocenters. The van der Waals surface area contributed by atoms with Gasteiger partial charge in [-0.25, -0.2) is 4.79 Å². The number of nitrogens with zero attached hydrogens (tertiary/aromatic N) is 2. The Morgan fingerprint density at radius 3 is 2.75 bits per heavy atom. The summed E-state index contributed by atoms with van der Waals surface area (Å²) in [6.07, 6.45) is 1.47. The van der Waals surface area contributed by atoms with E-state index in [1.54, 1.807) is 0 Å². The lowest BCUT2D eigenvalue weighted by atomic mass is 9.98. The van der Waals surface area contributed by atoms with E-state index in [-0.39, 0.29) is 0 Å². The van der Waals surface area contributed by atoms with Crippen LogP contribution < -0.4 is 14.8 Å². The van der Waals surface area contributed by atoms with Crippen molar-refractivity contribution >= 4 is 45.3 Å². The molecular weight excluding hydrogens is 478 g/mol. The molecule has 0 saturated carbocycles. The third-order valence-electron chi connectivity index (χ3n) is 6.20. The zero-order valence-corrected chi connectivity index (χ0v) is 20.6. The Bertz CT molecular complexity index is 1480. The summed E-state index contributed by atoms with van der Waals surface area (Å²) in [5.74, 6) is 1.02. The van der Waals surface area contributed by atoms with Crippen molar-refractivity contribution in [1.29, 1.82) is 0 Å². The van der Waals surface area contributed by atoms with Crippen LogP contribution in [0.2, 0.25) is 0 Å².